The Hall–Kier alpha value is -3.16. The zero-order valence-electron chi connectivity index (χ0n) is 40.9. The monoisotopic (exact) mass is 942 g/mol. The minimum atomic E-state index is 0. The quantitative estimate of drug-likeness (QED) is 0.0255. The fraction of sp³-hybridized carbons (Fsp3) is 0.586. The predicted molar refractivity (Wildman–Crippen MR) is 268 cm³/mol. The SMILES string of the molecule is CCCCCCOc1ccc(-c2ccc(CCCCCCCCCCO[N+](C)(C)OCCCCCCCCCCc3ccc(-c4ccc(OCCCCCC)cc4)cc3)cc2)cc1.[Br-]. The Morgan fingerprint density at radius 1 is 0.312 bits per heavy atom. The molecular weight excluding hydrogens is 855 g/mol. The molecule has 0 spiro atoms. The summed E-state index contributed by atoms with van der Waals surface area (Å²) in [5.41, 5.74) is 7.95. The van der Waals surface area contributed by atoms with Gasteiger partial charge in [0.05, 0.1) is 13.2 Å². The highest BCUT2D eigenvalue weighted by atomic mass is 79.9. The molecule has 0 aliphatic heterocycles. The smallest absolute Gasteiger partial charge is 0.132 e. The average Bonchev–Trinajstić information content (AvgIpc) is 3.30. The highest BCUT2D eigenvalue weighted by Crippen LogP contribution is 2.26. The standard InChI is InChI=1S/C58H88NO4.BrH/c1-5-7-9-25-47-60-57-43-39-55(40-44-57)53-35-31-51(32-36-53)29-23-19-15-11-13-17-21-27-49-62-59(3,4)63-50-28-22-18-14-12-16-20-24-30-52-33-37-54(38-34-52)56-41-45-58(46-42-56)61-48-26-10-8-6-2;/h31-46H,5-30,47-50H2,1-4H3;1H/q+1;/p-1. The van der Waals surface area contributed by atoms with Crippen LogP contribution in [0.2, 0.25) is 0 Å². The van der Waals surface area contributed by atoms with Gasteiger partial charge >= 0.3 is 0 Å². The van der Waals surface area contributed by atoms with Gasteiger partial charge in [0.1, 0.15) is 38.8 Å². The molecule has 0 aromatic heterocycles. The minimum Gasteiger partial charge on any atom is -1.00 e. The van der Waals surface area contributed by atoms with E-state index in [9.17, 15) is 0 Å². The Labute approximate surface area is 402 Å². The first-order valence-corrected chi connectivity index (χ1v) is 25.7. The molecule has 0 heterocycles. The Morgan fingerprint density at radius 3 is 0.906 bits per heavy atom. The van der Waals surface area contributed by atoms with E-state index in [0.717, 1.165) is 63.6 Å². The van der Waals surface area contributed by atoms with Crippen LogP contribution in [0.3, 0.4) is 0 Å². The molecule has 0 aliphatic rings. The van der Waals surface area contributed by atoms with Crippen LogP contribution in [0.1, 0.15) is 179 Å². The summed E-state index contributed by atoms with van der Waals surface area (Å²) in [5, 5.41) is 0. The molecule has 0 saturated heterocycles. The van der Waals surface area contributed by atoms with Crippen molar-refractivity contribution in [1.82, 2.24) is 0 Å². The molecule has 0 fully saturated rings. The lowest BCUT2D eigenvalue weighted by molar-refractivity contribution is -1.22. The lowest BCUT2D eigenvalue weighted by Gasteiger charge is -2.24. The van der Waals surface area contributed by atoms with E-state index in [1.54, 1.807) is 0 Å². The Bertz CT molecular complexity index is 1550. The summed E-state index contributed by atoms with van der Waals surface area (Å²) in [5.74, 6) is 1.95. The molecule has 5 nitrogen and oxygen atoms in total. The summed E-state index contributed by atoms with van der Waals surface area (Å²) in [6.45, 7) is 7.64. The van der Waals surface area contributed by atoms with Crippen LogP contribution in [0, 0.1) is 0 Å². The first kappa shape index (κ1) is 55.2. The maximum atomic E-state index is 6.06. The van der Waals surface area contributed by atoms with Crippen LogP contribution in [0.25, 0.3) is 22.3 Å². The summed E-state index contributed by atoms with van der Waals surface area (Å²) >= 11 is 0. The summed E-state index contributed by atoms with van der Waals surface area (Å²) in [6.07, 6.45) is 32.7. The number of nitrogens with zero attached hydrogens (tertiary/aromatic N) is 1. The van der Waals surface area contributed by atoms with Crippen molar-refractivity contribution < 1.29 is 40.9 Å². The lowest BCUT2D eigenvalue weighted by atomic mass is 10.0. The highest BCUT2D eigenvalue weighted by Gasteiger charge is 2.18. The molecule has 4 aromatic rings. The second-order valence-corrected chi connectivity index (χ2v) is 18.3. The minimum absolute atomic E-state index is 0. The van der Waals surface area contributed by atoms with Crippen LogP contribution in [0.5, 0.6) is 11.5 Å². The van der Waals surface area contributed by atoms with Crippen molar-refractivity contribution in [2.24, 2.45) is 0 Å². The molecule has 6 heteroatoms. The van der Waals surface area contributed by atoms with Gasteiger partial charge in [-0.25, -0.2) is 0 Å². The van der Waals surface area contributed by atoms with Crippen LogP contribution in [0.4, 0.5) is 0 Å². The molecule has 0 amide bonds. The van der Waals surface area contributed by atoms with E-state index in [1.165, 1.54) is 175 Å². The first-order chi connectivity index (χ1) is 31.0. The second kappa shape index (κ2) is 35.1. The average molecular weight is 943 g/mol. The van der Waals surface area contributed by atoms with E-state index in [0.29, 0.717) is 0 Å². The van der Waals surface area contributed by atoms with E-state index in [1.807, 2.05) is 14.1 Å². The van der Waals surface area contributed by atoms with Gasteiger partial charge in [-0.3, -0.25) is 0 Å². The summed E-state index contributed by atoms with van der Waals surface area (Å²) in [4.78, 5) is 12.3. The van der Waals surface area contributed by atoms with Gasteiger partial charge < -0.3 is 26.5 Å². The molecule has 0 unspecified atom stereocenters. The summed E-state index contributed by atoms with van der Waals surface area (Å²) in [7, 11) is 4.03. The maximum absolute atomic E-state index is 6.06. The molecule has 4 rings (SSSR count). The van der Waals surface area contributed by atoms with E-state index in [4.69, 9.17) is 19.1 Å². The third-order valence-electron chi connectivity index (χ3n) is 12.3. The number of hydrogen-bond donors (Lipinski definition) is 0. The van der Waals surface area contributed by atoms with Crippen molar-refractivity contribution in [3.63, 3.8) is 0 Å². The molecular formula is C58H88BrNO4. The Morgan fingerprint density at radius 2 is 0.578 bits per heavy atom. The molecule has 0 N–H and O–H groups in total. The fourth-order valence-corrected chi connectivity index (χ4v) is 8.24. The van der Waals surface area contributed by atoms with Gasteiger partial charge in [0.15, 0.2) is 0 Å². The number of unbranched alkanes of at least 4 members (excludes halogenated alkanes) is 20. The van der Waals surface area contributed by atoms with E-state index in [2.05, 4.69) is 111 Å². The zero-order valence-corrected chi connectivity index (χ0v) is 42.5. The van der Waals surface area contributed by atoms with E-state index in [-0.39, 0.29) is 21.8 Å². The van der Waals surface area contributed by atoms with Crippen molar-refractivity contribution in [3.8, 4) is 33.8 Å². The predicted octanol–water partition coefficient (Wildman–Crippen LogP) is 13.9. The Balaban J connectivity index is 0.0000109. The molecule has 64 heavy (non-hydrogen) atoms. The number of rotatable bonds is 38. The van der Waals surface area contributed by atoms with Gasteiger partial charge in [-0.05, 0) is 114 Å². The topological polar surface area (TPSA) is 36.9 Å². The molecule has 0 aliphatic carbocycles. The van der Waals surface area contributed by atoms with Crippen LogP contribution >= 0.6 is 0 Å². The van der Waals surface area contributed by atoms with E-state index < -0.39 is 0 Å². The molecule has 0 bridgehead atoms. The molecule has 0 saturated carbocycles. The lowest BCUT2D eigenvalue weighted by Crippen LogP contribution is -3.00. The number of quaternary nitrogens is 1. The van der Waals surface area contributed by atoms with Gasteiger partial charge in [0.25, 0.3) is 0 Å². The number of benzene rings is 4. The third-order valence-corrected chi connectivity index (χ3v) is 12.3. The van der Waals surface area contributed by atoms with E-state index >= 15 is 0 Å². The van der Waals surface area contributed by atoms with Crippen LogP contribution in [0.15, 0.2) is 97.1 Å². The number of aryl methyl sites for hydroxylation is 2. The van der Waals surface area contributed by atoms with Crippen molar-refractivity contribution >= 4 is 0 Å². The van der Waals surface area contributed by atoms with Crippen molar-refractivity contribution in [3.05, 3.63) is 108 Å². The van der Waals surface area contributed by atoms with Gasteiger partial charge in [0.2, 0.25) is 0 Å². The van der Waals surface area contributed by atoms with Gasteiger partial charge in [-0.15, -0.1) is 0 Å². The van der Waals surface area contributed by atoms with Gasteiger partial charge in [-0.1, -0.05) is 202 Å². The third kappa shape index (κ3) is 24.9. The number of hydroxylamine groups is 4. The summed E-state index contributed by atoms with van der Waals surface area (Å²) in [6, 6.07) is 35.4. The molecule has 0 atom stereocenters. The summed E-state index contributed by atoms with van der Waals surface area (Å²) < 4.78 is 11.8. The fourth-order valence-electron chi connectivity index (χ4n) is 8.24. The zero-order chi connectivity index (χ0) is 44.5. The normalized spacial score (nSPS) is 11.4. The molecule has 0 radical (unpaired) electrons. The first-order valence-electron chi connectivity index (χ1n) is 25.7. The van der Waals surface area contributed by atoms with Crippen molar-refractivity contribution in [1.29, 1.82) is 0 Å². The largest absolute Gasteiger partial charge is 1.00 e. The van der Waals surface area contributed by atoms with Gasteiger partial charge in [0, 0.05) is 0 Å². The van der Waals surface area contributed by atoms with Crippen LogP contribution in [-0.4, -0.2) is 45.3 Å². The van der Waals surface area contributed by atoms with Gasteiger partial charge in [-0.2, -0.15) is 9.68 Å². The highest BCUT2D eigenvalue weighted by molar-refractivity contribution is 5.65. The van der Waals surface area contributed by atoms with Crippen LogP contribution in [-0.2, 0) is 22.5 Å². The Kier molecular flexibility index (Phi) is 30.2. The molecule has 356 valence electrons. The number of halogens is 1. The number of hydrogen-bond acceptors (Lipinski definition) is 4. The number of ether oxygens (including phenoxy) is 2. The van der Waals surface area contributed by atoms with Crippen LogP contribution < -0.4 is 26.5 Å². The van der Waals surface area contributed by atoms with Crippen molar-refractivity contribution in [2.75, 3.05) is 40.5 Å². The molecule has 4 aromatic carbocycles. The maximum Gasteiger partial charge on any atom is 0.132 e. The van der Waals surface area contributed by atoms with Crippen molar-refractivity contribution in [2.45, 2.75) is 181 Å². The second-order valence-electron chi connectivity index (χ2n) is 18.3.